The molecule has 130 valence electrons. The van der Waals surface area contributed by atoms with Gasteiger partial charge < -0.3 is 9.47 Å². The van der Waals surface area contributed by atoms with Crippen LogP contribution in [-0.4, -0.2) is 22.6 Å². The Morgan fingerprint density at radius 3 is 2.21 bits per heavy atom. The molecule has 0 radical (unpaired) electrons. The Hall–Kier alpha value is -2.05. The van der Waals surface area contributed by atoms with Crippen molar-refractivity contribution in [3.8, 4) is 11.5 Å². The average molecular weight is 349 g/mol. The topological polar surface area (TPSA) is 64.6 Å². The van der Waals surface area contributed by atoms with Crippen molar-refractivity contribution < 1.29 is 17.9 Å². The van der Waals surface area contributed by atoms with E-state index in [9.17, 15) is 8.42 Å². The zero-order valence-corrected chi connectivity index (χ0v) is 15.2. The summed E-state index contributed by atoms with van der Waals surface area (Å²) >= 11 is 0. The third kappa shape index (κ3) is 4.27. The van der Waals surface area contributed by atoms with E-state index in [2.05, 4.69) is 4.72 Å². The Morgan fingerprint density at radius 2 is 1.67 bits per heavy atom. The molecule has 0 aliphatic heterocycles. The highest BCUT2D eigenvalue weighted by Gasteiger charge is 2.20. The van der Waals surface area contributed by atoms with Gasteiger partial charge in [0.05, 0.1) is 14.2 Å². The van der Waals surface area contributed by atoms with Gasteiger partial charge in [0, 0.05) is 6.54 Å². The molecule has 0 unspecified atom stereocenters. The quantitative estimate of drug-likeness (QED) is 0.833. The first kappa shape index (κ1) is 18.3. The summed E-state index contributed by atoms with van der Waals surface area (Å²) in [5.74, 6) is 1.37. The van der Waals surface area contributed by atoms with E-state index in [4.69, 9.17) is 9.47 Å². The van der Waals surface area contributed by atoms with Crippen LogP contribution in [0.2, 0.25) is 0 Å². The summed E-state index contributed by atoms with van der Waals surface area (Å²) in [4.78, 5) is 0.142. The van der Waals surface area contributed by atoms with Crippen LogP contribution in [0, 0.1) is 0 Å². The SMILES string of the molecule is COc1ccc(CNS(=O)(=O)c2ccc(C(C)C)cc2OC)cc1. The molecule has 1 N–H and O–H groups in total. The van der Waals surface area contributed by atoms with Crippen molar-refractivity contribution >= 4 is 10.0 Å². The van der Waals surface area contributed by atoms with Crippen LogP contribution in [0.1, 0.15) is 30.9 Å². The largest absolute Gasteiger partial charge is 0.497 e. The first-order valence-electron chi connectivity index (χ1n) is 7.68. The van der Waals surface area contributed by atoms with Gasteiger partial charge in [-0.05, 0) is 41.3 Å². The maximum atomic E-state index is 12.6. The van der Waals surface area contributed by atoms with Crippen molar-refractivity contribution in [3.05, 3.63) is 53.6 Å². The first-order chi connectivity index (χ1) is 11.4. The zero-order valence-electron chi connectivity index (χ0n) is 14.4. The van der Waals surface area contributed by atoms with Gasteiger partial charge in [-0.25, -0.2) is 13.1 Å². The molecule has 0 atom stereocenters. The molecule has 5 nitrogen and oxygen atoms in total. The molecular formula is C18H23NO4S. The summed E-state index contributed by atoms with van der Waals surface area (Å²) in [6.07, 6.45) is 0. The maximum absolute atomic E-state index is 12.6. The van der Waals surface area contributed by atoms with Gasteiger partial charge in [-0.15, -0.1) is 0 Å². The van der Waals surface area contributed by atoms with Crippen molar-refractivity contribution in [1.29, 1.82) is 0 Å². The molecule has 0 saturated carbocycles. The molecule has 0 amide bonds. The average Bonchev–Trinajstić information content (AvgIpc) is 2.59. The van der Waals surface area contributed by atoms with Gasteiger partial charge in [0.15, 0.2) is 0 Å². The number of methoxy groups -OCH3 is 2. The van der Waals surface area contributed by atoms with Crippen LogP contribution in [0.3, 0.4) is 0 Å². The molecule has 0 aliphatic carbocycles. The van der Waals surface area contributed by atoms with Crippen LogP contribution in [-0.2, 0) is 16.6 Å². The van der Waals surface area contributed by atoms with Crippen molar-refractivity contribution in [2.45, 2.75) is 31.2 Å². The van der Waals surface area contributed by atoms with Crippen LogP contribution in [0.4, 0.5) is 0 Å². The second kappa shape index (κ2) is 7.68. The van der Waals surface area contributed by atoms with Gasteiger partial charge in [0.25, 0.3) is 0 Å². The smallest absolute Gasteiger partial charge is 0.244 e. The predicted octanol–water partition coefficient (Wildman–Crippen LogP) is 3.31. The molecule has 6 heteroatoms. The fourth-order valence-corrected chi connectivity index (χ4v) is 3.43. The molecule has 0 aliphatic rings. The van der Waals surface area contributed by atoms with Crippen molar-refractivity contribution in [3.63, 3.8) is 0 Å². The van der Waals surface area contributed by atoms with E-state index in [-0.39, 0.29) is 11.4 Å². The van der Waals surface area contributed by atoms with Gasteiger partial charge in [0.1, 0.15) is 16.4 Å². The Kier molecular flexibility index (Phi) is 5.85. The second-order valence-corrected chi connectivity index (χ2v) is 7.47. The summed E-state index contributed by atoms with van der Waals surface area (Å²) in [7, 11) is -0.603. The summed E-state index contributed by atoms with van der Waals surface area (Å²) in [5, 5.41) is 0. The third-order valence-electron chi connectivity index (χ3n) is 3.77. The Bertz CT molecular complexity index is 783. The molecule has 2 aromatic carbocycles. The Labute approximate surface area is 143 Å². The van der Waals surface area contributed by atoms with Crippen molar-refractivity contribution in [2.24, 2.45) is 0 Å². The summed E-state index contributed by atoms with van der Waals surface area (Å²) in [6, 6.07) is 12.4. The molecule has 2 rings (SSSR count). The van der Waals surface area contributed by atoms with E-state index in [1.807, 2.05) is 32.0 Å². The highest BCUT2D eigenvalue weighted by molar-refractivity contribution is 7.89. The normalized spacial score (nSPS) is 11.5. The predicted molar refractivity (Wildman–Crippen MR) is 94.1 cm³/mol. The molecule has 24 heavy (non-hydrogen) atoms. The van der Waals surface area contributed by atoms with Gasteiger partial charge >= 0.3 is 0 Å². The molecule has 0 saturated heterocycles. The van der Waals surface area contributed by atoms with Crippen LogP contribution in [0.15, 0.2) is 47.4 Å². The maximum Gasteiger partial charge on any atom is 0.244 e. The number of rotatable bonds is 7. The highest BCUT2D eigenvalue weighted by Crippen LogP contribution is 2.28. The van der Waals surface area contributed by atoms with Gasteiger partial charge in [0.2, 0.25) is 10.0 Å². The third-order valence-corrected chi connectivity index (χ3v) is 5.21. The Balaban J connectivity index is 2.20. The molecule has 0 bridgehead atoms. The molecular weight excluding hydrogens is 326 g/mol. The fourth-order valence-electron chi connectivity index (χ4n) is 2.26. The number of sulfonamides is 1. The number of hydrogen-bond acceptors (Lipinski definition) is 4. The van der Waals surface area contributed by atoms with Crippen molar-refractivity contribution in [1.82, 2.24) is 4.72 Å². The van der Waals surface area contributed by atoms with Crippen molar-refractivity contribution in [2.75, 3.05) is 14.2 Å². The van der Waals surface area contributed by atoms with Gasteiger partial charge in [-0.1, -0.05) is 32.0 Å². The minimum Gasteiger partial charge on any atom is -0.497 e. The lowest BCUT2D eigenvalue weighted by Crippen LogP contribution is -2.23. The number of ether oxygens (including phenoxy) is 2. The van der Waals surface area contributed by atoms with Crippen LogP contribution < -0.4 is 14.2 Å². The van der Waals surface area contributed by atoms with E-state index in [1.165, 1.54) is 7.11 Å². The monoisotopic (exact) mass is 349 g/mol. The van der Waals surface area contributed by atoms with Gasteiger partial charge in [-0.3, -0.25) is 0 Å². The Morgan fingerprint density at radius 1 is 1.00 bits per heavy atom. The summed E-state index contributed by atoms with van der Waals surface area (Å²) in [6.45, 7) is 4.29. The van der Waals surface area contributed by atoms with E-state index >= 15 is 0 Å². The van der Waals surface area contributed by atoms with E-state index in [0.29, 0.717) is 11.7 Å². The number of hydrogen-bond donors (Lipinski definition) is 1. The van der Waals surface area contributed by atoms with E-state index < -0.39 is 10.0 Å². The number of benzene rings is 2. The minimum absolute atomic E-state index is 0.142. The van der Waals surface area contributed by atoms with E-state index in [1.54, 1.807) is 31.4 Å². The summed E-state index contributed by atoms with van der Waals surface area (Å²) < 4.78 is 38.1. The lowest BCUT2D eigenvalue weighted by molar-refractivity contribution is 0.401. The second-order valence-electron chi connectivity index (χ2n) is 5.74. The molecule has 0 aromatic heterocycles. The highest BCUT2D eigenvalue weighted by atomic mass is 32.2. The fraction of sp³-hybridized carbons (Fsp3) is 0.333. The lowest BCUT2D eigenvalue weighted by atomic mass is 10.0. The standard InChI is InChI=1S/C18H23NO4S/c1-13(2)15-7-10-18(17(11-15)23-4)24(20,21)19-12-14-5-8-16(22-3)9-6-14/h5-11,13,19H,12H2,1-4H3. The first-order valence-corrected chi connectivity index (χ1v) is 9.16. The molecule has 0 spiro atoms. The number of nitrogens with one attached hydrogen (secondary N) is 1. The van der Waals surface area contributed by atoms with Crippen LogP contribution in [0.25, 0.3) is 0 Å². The molecule has 2 aromatic rings. The zero-order chi connectivity index (χ0) is 17.7. The van der Waals surface area contributed by atoms with E-state index in [0.717, 1.165) is 16.9 Å². The molecule has 0 fully saturated rings. The van der Waals surface area contributed by atoms with Crippen LogP contribution >= 0.6 is 0 Å². The summed E-state index contributed by atoms with van der Waals surface area (Å²) in [5.41, 5.74) is 1.87. The lowest BCUT2D eigenvalue weighted by Gasteiger charge is -2.14. The minimum atomic E-state index is -3.67. The van der Waals surface area contributed by atoms with Gasteiger partial charge in [-0.2, -0.15) is 0 Å². The molecule has 0 heterocycles. The van der Waals surface area contributed by atoms with Crippen LogP contribution in [0.5, 0.6) is 11.5 Å².